The molecule has 0 N–H and O–H groups in total. The molecule has 8 atom stereocenters. The second-order valence-electron chi connectivity index (χ2n) is 10.2. The quantitative estimate of drug-likeness (QED) is 0.326. The Balaban J connectivity index is 1.49. The van der Waals surface area contributed by atoms with Gasteiger partial charge in [0.25, 0.3) is 0 Å². The number of rotatable bonds is 2. The van der Waals surface area contributed by atoms with Gasteiger partial charge >= 0.3 is 0 Å². The van der Waals surface area contributed by atoms with Crippen LogP contribution in [0.3, 0.4) is 0 Å². The van der Waals surface area contributed by atoms with E-state index in [9.17, 15) is 9.59 Å². The first kappa shape index (κ1) is 19.7. The van der Waals surface area contributed by atoms with E-state index in [4.69, 9.17) is 9.47 Å². The maximum absolute atomic E-state index is 13.6. The van der Waals surface area contributed by atoms with Crippen LogP contribution in [0.25, 0.3) is 0 Å². The number of hydrogen-bond acceptors (Lipinski definition) is 4. The zero-order chi connectivity index (χ0) is 19.7. The molecule has 1 aliphatic heterocycles. The van der Waals surface area contributed by atoms with Crippen LogP contribution in [0, 0.1) is 34.5 Å². The van der Waals surface area contributed by atoms with Gasteiger partial charge in [0.2, 0.25) is 0 Å². The van der Waals surface area contributed by atoms with Crippen LogP contribution in [-0.2, 0) is 19.1 Å². The highest BCUT2D eigenvalue weighted by atomic mass is 127. The van der Waals surface area contributed by atoms with Crippen molar-refractivity contribution in [3.05, 3.63) is 11.6 Å². The van der Waals surface area contributed by atoms with Gasteiger partial charge in [0, 0.05) is 23.7 Å². The Morgan fingerprint density at radius 3 is 2.71 bits per heavy atom. The van der Waals surface area contributed by atoms with E-state index >= 15 is 0 Å². The molecule has 0 bridgehead atoms. The van der Waals surface area contributed by atoms with Crippen molar-refractivity contribution in [1.29, 1.82) is 0 Å². The van der Waals surface area contributed by atoms with Gasteiger partial charge in [0.15, 0.2) is 0 Å². The second-order valence-corrected chi connectivity index (χ2v) is 11.0. The molecule has 4 fully saturated rings. The molecule has 0 aromatic rings. The Bertz CT molecular complexity index is 732. The van der Waals surface area contributed by atoms with Crippen molar-refractivity contribution in [3.63, 3.8) is 0 Å². The fourth-order valence-corrected chi connectivity index (χ4v) is 8.37. The molecule has 5 rings (SSSR count). The predicted molar refractivity (Wildman–Crippen MR) is 114 cm³/mol. The van der Waals surface area contributed by atoms with Crippen LogP contribution in [0.4, 0.5) is 0 Å². The van der Waals surface area contributed by atoms with Crippen LogP contribution >= 0.6 is 22.6 Å². The highest BCUT2D eigenvalue weighted by Crippen LogP contribution is 2.65. The minimum Gasteiger partial charge on any atom is -0.373 e. The summed E-state index contributed by atoms with van der Waals surface area (Å²) in [6.07, 6.45) is 8.16. The van der Waals surface area contributed by atoms with Gasteiger partial charge in [0.1, 0.15) is 11.6 Å². The van der Waals surface area contributed by atoms with E-state index < -0.39 is 0 Å². The highest BCUT2D eigenvalue weighted by molar-refractivity contribution is 14.1. The van der Waals surface area contributed by atoms with Gasteiger partial charge in [-0.15, -0.1) is 0 Å². The lowest BCUT2D eigenvalue weighted by molar-refractivity contribution is -0.176. The summed E-state index contributed by atoms with van der Waals surface area (Å²) in [6, 6.07) is 0. The molecule has 0 amide bonds. The normalized spacial score (nSPS) is 50.1. The molecular weight excluding hydrogens is 467 g/mol. The van der Waals surface area contributed by atoms with E-state index in [1.54, 1.807) is 0 Å². The van der Waals surface area contributed by atoms with Crippen LogP contribution in [0.15, 0.2) is 11.6 Å². The van der Waals surface area contributed by atoms with Crippen molar-refractivity contribution < 1.29 is 19.1 Å². The minimum absolute atomic E-state index is 0.0725. The molecule has 0 spiro atoms. The number of fused-ring (bicyclic) bond motifs is 6. The van der Waals surface area contributed by atoms with E-state index in [1.807, 2.05) is 0 Å². The molecule has 1 saturated heterocycles. The summed E-state index contributed by atoms with van der Waals surface area (Å²) >= 11 is 2.19. The summed E-state index contributed by atoms with van der Waals surface area (Å²) in [7, 11) is 0. The molecule has 2 unspecified atom stereocenters. The zero-order valence-corrected chi connectivity index (χ0v) is 19.1. The monoisotopic (exact) mass is 498 g/mol. The van der Waals surface area contributed by atoms with E-state index in [0.717, 1.165) is 32.1 Å². The highest BCUT2D eigenvalue weighted by Gasteiger charge is 2.63. The minimum atomic E-state index is -0.135. The van der Waals surface area contributed by atoms with Crippen molar-refractivity contribution in [3.8, 4) is 0 Å². The Kier molecular flexibility index (Phi) is 4.83. The smallest absolute Gasteiger partial charge is 0.146 e. The molecule has 1 heterocycles. The predicted octanol–water partition coefficient (Wildman–Crippen LogP) is 4.14. The summed E-state index contributed by atoms with van der Waals surface area (Å²) in [5.74, 6) is 1.79. The first-order valence-electron chi connectivity index (χ1n) is 10.9. The van der Waals surface area contributed by atoms with Gasteiger partial charge in [0.05, 0.1) is 29.8 Å². The topological polar surface area (TPSA) is 52.6 Å². The number of allylic oxidation sites excluding steroid dienone is 1. The molecule has 4 aliphatic carbocycles. The number of carbonyl (C=O) groups excluding carboxylic acids is 2. The number of carbonyl (C=O) groups is 2. The lowest BCUT2D eigenvalue weighted by atomic mass is 9.46. The standard InChI is InChI=1S/C23H31IO4/c1-22-11-20-19(27-7-8-28-20)9-13(22)3-4-14-15-5-6-16(18(26)12-24)23(15,2)10-17(25)21(14)22/h3,14-16,19-21H,4-12H2,1-2H3/t14-,15-,16+,19?,20?,21+,22-,23-/m0/s1. The van der Waals surface area contributed by atoms with Gasteiger partial charge in [-0.2, -0.15) is 0 Å². The summed E-state index contributed by atoms with van der Waals surface area (Å²) in [6.45, 7) is 5.90. The fraction of sp³-hybridized carbons (Fsp3) is 0.826. The number of ether oxygens (including phenoxy) is 2. The van der Waals surface area contributed by atoms with Gasteiger partial charge in [-0.1, -0.05) is 48.1 Å². The summed E-state index contributed by atoms with van der Waals surface area (Å²) < 4.78 is 12.6. The van der Waals surface area contributed by atoms with E-state index in [1.165, 1.54) is 5.57 Å². The first-order valence-corrected chi connectivity index (χ1v) is 12.4. The Morgan fingerprint density at radius 1 is 1.21 bits per heavy atom. The van der Waals surface area contributed by atoms with Gasteiger partial charge in [-0.25, -0.2) is 0 Å². The molecule has 154 valence electrons. The Morgan fingerprint density at radius 2 is 1.96 bits per heavy atom. The molecule has 0 aromatic carbocycles. The molecular formula is C23H31IO4. The molecule has 3 saturated carbocycles. The average Bonchev–Trinajstić information content (AvgIpc) is 3.01. The van der Waals surface area contributed by atoms with Crippen LogP contribution in [0.5, 0.6) is 0 Å². The Labute approximate surface area is 181 Å². The van der Waals surface area contributed by atoms with E-state index in [-0.39, 0.29) is 34.9 Å². The van der Waals surface area contributed by atoms with Crippen molar-refractivity contribution in [2.24, 2.45) is 34.5 Å². The third-order valence-electron chi connectivity index (χ3n) is 9.04. The molecule has 5 heteroatoms. The summed E-state index contributed by atoms with van der Waals surface area (Å²) in [5.41, 5.74) is 1.19. The summed E-state index contributed by atoms with van der Waals surface area (Å²) in [4.78, 5) is 26.3. The fourth-order valence-electron chi connectivity index (χ4n) is 7.84. The van der Waals surface area contributed by atoms with Crippen LogP contribution in [0.2, 0.25) is 0 Å². The average molecular weight is 498 g/mol. The van der Waals surface area contributed by atoms with Crippen molar-refractivity contribution in [2.45, 2.75) is 64.6 Å². The first-order chi connectivity index (χ1) is 13.4. The molecule has 5 aliphatic rings. The number of Topliss-reactive ketones (excluding diaryl/α,β-unsaturated/α-hetero) is 2. The van der Waals surface area contributed by atoms with Crippen LogP contribution in [0.1, 0.15) is 52.4 Å². The number of ketones is 2. The van der Waals surface area contributed by atoms with Crippen molar-refractivity contribution >= 4 is 34.2 Å². The van der Waals surface area contributed by atoms with Crippen molar-refractivity contribution in [1.82, 2.24) is 0 Å². The zero-order valence-electron chi connectivity index (χ0n) is 16.9. The third-order valence-corrected chi connectivity index (χ3v) is 9.79. The SMILES string of the molecule is C[C@]12CC(=O)[C@H]3[C@@H](CC=C4CC5OCCOC5C[C@@]43C)[C@@H]1CC[C@@H]2C(=O)CI. The molecule has 4 nitrogen and oxygen atoms in total. The van der Waals surface area contributed by atoms with Crippen molar-refractivity contribution in [2.75, 3.05) is 17.6 Å². The largest absolute Gasteiger partial charge is 0.373 e. The second kappa shape index (κ2) is 6.88. The van der Waals surface area contributed by atoms with E-state index in [2.05, 4.69) is 42.5 Å². The van der Waals surface area contributed by atoms with Crippen LogP contribution in [-0.4, -0.2) is 41.4 Å². The lowest BCUT2D eigenvalue weighted by Crippen LogP contribution is -2.58. The Hall–Kier alpha value is -0.270. The van der Waals surface area contributed by atoms with Gasteiger partial charge in [-0.05, 0) is 49.4 Å². The lowest BCUT2D eigenvalue weighted by Gasteiger charge is -2.58. The number of halogens is 1. The van der Waals surface area contributed by atoms with Gasteiger partial charge < -0.3 is 9.47 Å². The molecule has 0 radical (unpaired) electrons. The number of alkyl halides is 1. The molecule has 0 aromatic heterocycles. The van der Waals surface area contributed by atoms with Crippen LogP contribution < -0.4 is 0 Å². The number of hydrogen-bond donors (Lipinski definition) is 0. The third kappa shape index (κ3) is 2.67. The van der Waals surface area contributed by atoms with E-state index in [0.29, 0.717) is 47.5 Å². The molecule has 28 heavy (non-hydrogen) atoms. The summed E-state index contributed by atoms with van der Waals surface area (Å²) in [5, 5.41) is 0. The van der Waals surface area contributed by atoms with Gasteiger partial charge in [-0.3, -0.25) is 9.59 Å². The maximum atomic E-state index is 13.6. The maximum Gasteiger partial charge on any atom is 0.146 e.